The van der Waals surface area contributed by atoms with Gasteiger partial charge in [-0.3, -0.25) is 0 Å². The number of rotatable bonds is 3. The van der Waals surface area contributed by atoms with Crippen LogP contribution in [0.15, 0.2) is 48.5 Å². The van der Waals surface area contributed by atoms with E-state index in [4.69, 9.17) is 11.6 Å². The van der Waals surface area contributed by atoms with Crippen LogP contribution in [-0.2, 0) is 0 Å². The van der Waals surface area contributed by atoms with Crippen molar-refractivity contribution in [1.29, 1.82) is 0 Å². The molecule has 2 aromatic carbocycles. The van der Waals surface area contributed by atoms with E-state index in [1.807, 2.05) is 0 Å². The molecule has 21 heavy (non-hydrogen) atoms. The van der Waals surface area contributed by atoms with Crippen molar-refractivity contribution in [2.75, 3.05) is 28.8 Å². The van der Waals surface area contributed by atoms with Gasteiger partial charge >= 0.3 is 0 Å². The van der Waals surface area contributed by atoms with Gasteiger partial charge in [0.05, 0.1) is 5.88 Å². The second kappa shape index (κ2) is 5.98. The molecular weight excluding hydrogens is 280 g/mol. The van der Waals surface area contributed by atoms with Crippen molar-refractivity contribution in [3.05, 3.63) is 59.7 Å². The first-order valence-electron chi connectivity index (χ1n) is 7.43. The van der Waals surface area contributed by atoms with Gasteiger partial charge in [0.25, 0.3) is 0 Å². The minimum Gasteiger partial charge on any atom is -0.348 e. The van der Waals surface area contributed by atoms with Gasteiger partial charge in [0, 0.05) is 24.5 Å². The van der Waals surface area contributed by atoms with E-state index in [2.05, 4.69) is 72.2 Å². The van der Waals surface area contributed by atoms with Gasteiger partial charge < -0.3 is 9.80 Å². The van der Waals surface area contributed by atoms with Crippen LogP contribution in [0.3, 0.4) is 0 Å². The Morgan fingerprint density at radius 3 is 1.67 bits per heavy atom. The lowest BCUT2D eigenvalue weighted by Gasteiger charge is -2.32. The molecule has 1 saturated heterocycles. The second-order valence-electron chi connectivity index (χ2n) is 5.59. The number of alkyl halides is 1. The van der Waals surface area contributed by atoms with Gasteiger partial charge in [0.2, 0.25) is 0 Å². The third-order valence-corrected chi connectivity index (χ3v) is 4.57. The molecule has 0 bridgehead atoms. The Bertz CT molecular complexity index is 573. The standard InChI is InChI=1S/C18H21ClN2/c1-14-7-3-5-9-16(14)20-11-12-21(18(20)13-19)17-10-6-4-8-15(17)2/h3-10,18H,11-13H2,1-2H3. The lowest BCUT2D eigenvalue weighted by molar-refractivity contribution is 0.736. The fourth-order valence-corrected chi connectivity index (χ4v) is 3.51. The Labute approximate surface area is 131 Å². The van der Waals surface area contributed by atoms with Crippen LogP contribution in [0.25, 0.3) is 0 Å². The molecule has 1 heterocycles. The molecule has 0 aromatic heterocycles. The smallest absolute Gasteiger partial charge is 0.115 e. The zero-order valence-corrected chi connectivity index (χ0v) is 13.3. The molecular formula is C18H21ClN2. The van der Waals surface area contributed by atoms with Gasteiger partial charge in [-0.1, -0.05) is 36.4 Å². The molecule has 2 nitrogen and oxygen atoms in total. The van der Waals surface area contributed by atoms with Crippen LogP contribution >= 0.6 is 11.6 Å². The molecule has 0 aliphatic carbocycles. The molecule has 0 N–H and O–H groups in total. The summed E-state index contributed by atoms with van der Waals surface area (Å²) in [5.74, 6) is 0.600. The summed E-state index contributed by atoms with van der Waals surface area (Å²) in [4.78, 5) is 4.85. The minimum absolute atomic E-state index is 0.217. The van der Waals surface area contributed by atoms with Crippen molar-refractivity contribution in [2.24, 2.45) is 0 Å². The van der Waals surface area contributed by atoms with E-state index in [0.717, 1.165) is 13.1 Å². The van der Waals surface area contributed by atoms with E-state index < -0.39 is 0 Å². The summed E-state index contributed by atoms with van der Waals surface area (Å²) in [7, 11) is 0. The highest BCUT2D eigenvalue weighted by Gasteiger charge is 2.32. The van der Waals surface area contributed by atoms with Crippen LogP contribution in [0.4, 0.5) is 11.4 Å². The molecule has 2 aromatic rings. The highest BCUT2D eigenvalue weighted by Crippen LogP contribution is 2.32. The summed E-state index contributed by atoms with van der Waals surface area (Å²) in [5.41, 5.74) is 5.19. The Morgan fingerprint density at radius 1 is 0.857 bits per heavy atom. The number of hydrogen-bond donors (Lipinski definition) is 0. The Balaban J connectivity index is 1.94. The average Bonchev–Trinajstić information content (AvgIpc) is 2.91. The molecule has 1 fully saturated rings. The SMILES string of the molecule is Cc1ccccc1N1CCN(c2ccccc2C)C1CCl. The molecule has 3 rings (SSSR count). The van der Waals surface area contributed by atoms with Gasteiger partial charge in [-0.25, -0.2) is 0 Å². The van der Waals surface area contributed by atoms with Crippen molar-refractivity contribution < 1.29 is 0 Å². The summed E-state index contributed by atoms with van der Waals surface area (Å²) < 4.78 is 0. The lowest BCUT2D eigenvalue weighted by Crippen LogP contribution is -2.41. The highest BCUT2D eigenvalue weighted by molar-refractivity contribution is 6.18. The first kappa shape index (κ1) is 14.3. The van der Waals surface area contributed by atoms with Crippen molar-refractivity contribution in [3.63, 3.8) is 0 Å². The molecule has 0 unspecified atom stereocenters. The third kappa shape index (κ3) is 2.60. The average molecular weight is 301 g/mol. The van der Waals surface area contributed by atoms with Gasteiger partial charge in [0.1, 0.15) is 6.17 Å². The maximum absolute atomic E-state index is 6.32. The van der Waals surface area contributed by atoms with Crippen LogP contribution in [0.1, 0.15) is 11.1 Å². The van der Waals surface area contributed by atoms with Crippen molar-refractivity contribution in [2.45, 2.75) is 20.0 Å². The molecule has 0 saturated carbocycles. The summed E-state index contributed by atoms with van der Waals surface area (Å²) >= 11 is 6.32. The summed E-state index contributed by atoms with van der Waals surface area (Å²) in [5, 5.41) is 0. The van der Waals surface area contributed by atoms with E-state index >= 15 is 0 Å². The van der Waals surface area contributed by atoms with E-state index in [0.29, 0.717) is 5.88 Å². The predicted octanol–water partition coefficient (Wildman–Crippen LogP) is 4.19. The number of anilines is 2. The highest BCUT2D eigenvalue weighted by atomic mass is 35.5. The third-order valence-electron chi connectivity index (χ3n) is 4.29. The fraction of sp³-hybridized carbons (Fsp3) is 0.333. The number of benzene rings is 2. The zero-order chi connectivity index (χ0) is 14.8. The van der Waals surface area contributed by atoms with Crippen LogP contribution in [0.5, 0.6) is 0 Å². The van der Waals surface area contributed by atoms with Crippen LogP contribution in [0.2, 0.25) is 0 Å². The monoisotopic (exact) mass is 300 g/mol. The summed E-state index contributed by atoms with van der Waals surface area (Å²) in [6, 6.07) is 17.1. The number of hydrogen-bond acceptors (Lipinski definition) is 2. The van der Waals surface area contributed by atoms with E-state index in [1.165, 1.54) is 22.5 Å². The minimum atomic E-state index is 0.217. The summed E-state index contributed by atoms with van der Waals surface area (Å²) in [6.07, 6.45) is 0.217. The van der Waals surface area contributed by atoms with Gasteiger partial charge in [0.15, 0.2) is 0 Å². The van der Waals surface area contributed by atoms with Crippen molar-refractivity contribution >= 4 is 23.0 Å². The second-order valence-corrected chi connectivity index (χ2v) is 5.90. The topological polar surface area (TPSA) is 6.48 Å². The van der Waals surface area contributed by atoms with Gasteiger partial charge in [-0.05, 0) is 37.1 Å². The van der Waals surface area contributed by atoms with Crippen LogP contribution < -0.4 is 9.80 Å². The lowest BCUT2D eigenvalue weighted by atomic mass is 10.1. The number of nitrogens with zero attached hydrogens (tertiary/aromatic N) is 2. The number of halogens is 1. The Morgan fingerprint density at radius 2 is 1.29 bits per heavy atom. The molecule has 0 radical (unpaired) electrons. The number of para-hydroxylation sites is 2. The van der Waals surface area contributed by atoms with Crippen molar-refractivity contribution in [3.8, 4) is 0 Å². The maximum atomic E-state index is 6.32. The first-order valence-corrected chi connectivity index (χ1v) is 7.96. The molecule has 3 heteroatoms. The zero-order valence-electron chi connectivity index (χ0n) is 12.6. The molecule has 0 amide bonds. The molecule has 1 aliphatic rings. The molecule has 0 atom stereocenters. The predicted molar refractivity (Wildman–Crippen MR) is 91.6 cm³/mol. The first-order chi connectivity index (χ1) is 10.2. The largest absolute Gasteiger partial charge is 0.348 e. The van der Waals surface area contributed by atoms with Crippen LogP contribution in [0, 0.1) is 13.8 Å². The van der Waals surface area contributed by atoms with Crippen molar-refractivity contribution in [1.82, 2.24) is 0 Å². The maximum Gasteiger partial charge on any atom is 0.115 e. The van der Waals surface area contributed by atoms with Crippen LogP contribution in [-0.4, -0.2) is 25.1 Å². The van der Waals surface area contributed by atoms with E-state index in [1.54, 1.807) is 0 Å². The van der Waals surface area contributed by atoms with Gasteiger partial charge in [-0.2, -0.15) is 0 Å². The Hall–Kier alpha value is -1.67. The fourth-order valence-electron chi connectivity index (χ4n) is 3.18. The molecule has 0 spiro atoms. The van der Waals surface area contributed by atoms with E-state index in [-0.39, 0.29) is 6.17 Å². The quantitative estimate of drug-likeness (QED) is 0.784. The molecule has 1 aliphatic heterocycles. The van der Waals surface area contributed by atoms with E-state index in [9.17, 15) is 0 Å². The normalized spacial score (nSPS) is 15.8. The number of aryl methyl sites for hydroxylation is 2. The van der Waals surface area contributed by atoms with Gasteiger partial charge in [-0.15, -0.1) is 11.6 Å². The molecule has 110 valence electrons. The Kier molecular flexibility index (Phi) is 4.07. The summed E-state index contributed by atoms with van der Waals surface area (Å²) in [6.45, 7) is 6.35.